The summed E-state index contributed by atoms with van der Waals surface area (Å²) >= 11 is 0. The van der Waals surface area contributed by atoms with Crippen LogP contribution in [0.1, 0.15) is 59.3 Å². The molecular weight excluding hydrogens is 274 g/mol. The van der Waals surface area contributed by atoms with Gasteiger partial charge in [0.1, 0.15) is 0 Å². The van der Waals surface area contributed by atoms with Crippen LogP contribution in [0.2, 0.25) is 0 Å². The van der Waals surface area contributed by atoms with Gasteiger partial charge in [-0.15, -0.1) is 0 Å². The second-order valence-corrected chi connectivity index (χ2v) is 8.05. The summed E-state index contributed by atoms with van der Waals surface area (Å²) in [5.41, 5.74) is 0. The SMILES string of the molecule is CC1CCCC2CC(C(=O)NC(C)C3NCCCC3C)NC12. The molecule has 4 heteroatoms. The zero-order valence-electron chi connectivity index (χ0n) is 14.4. The van der Waals surface area contributed by atoms with Crippen LogP contribution in [0.25, 0.3) is 0 Å². The lowest BCUT2D eigenvalue weighted by Gasteiger charge is -2.35. The van der Waals surface area contributed by atoms with Crippen molar-refractivity contribution in [2.24, 2.45) is 17.8 Å². The molecule has 3 aliphatic rings. The molecule has 7 unspecified atom stereocenters. The van der Waals surface area contributed by atoms with E-state index in [1.165, 1.54) is 32.1 Å². The predicted molar refractivity (Wildman–Crippen MR) is 89.6 cm³/mol. The van der Waals surface area contributed by atoms with E-state index in [0.717, 1.165) is 13.0 Å². The molecule has 2 aliphatic heterocycles. The maximum Gasteiger partial charge on any atom is 0.237 e. The summed E-state index contributed by atoms with van der Waals surface area (Å²) in [4.78, 5) is 12.7. The van der Waals surface area contributed by atoms with Crippen LogP contribution in [0.5, 0.6) is 0 Å². The molecule has 126 valence electrons. The van der Waals surface area contributed by atoms with Crippen LogP contribution < -0.4 is 16.0 Å². The molecule has 7 atom stereocenters. The molecule has 0 bridgehead atoms. The molecule has 0 aromatic rings. The standard InChI is InChI=1S/C18H33N3O/c1-11-7-5-9-19-16(11)13(3)20-18(22)15-10-14-8-4-6-12(2)17(14)21-15/h11-17,19,21H,4-10H2,1-3H3,(H,20,22). The van der Waals surface area contributed by atoms with Gasteiger partial charge in [0.2, 0.25) is 5.91 Å². The van der Waals surface area contributed by atoms with E-state index in [2.05, 4.69) is 36.7 Å². The van der Waals surface area contributed by atoms with Gasteiger partial charge >= 0.3 is 0 Å². The van der Waals surface area contributed by atoms with Gasteiger partial charge in [-0.05, 0) is 63.3 Å². The number of hydrogen-bond donors (Lipinski definition) is 3. The predicted octanol–water partition coefficient (Wildman–Crippen LogP) is 2.05. The number of rotatable bonds is 3. The van der Waals surface area contributed by atoms with Gasteiger partial charge in [-0.2, -0.15) is 0 Å². The van der Waals surface area contributed by atoms with Crippen LogP contribution in [0.15, 0.2) is 0 Å². The average Bonchev–Trinajstić information content (AvgIpc) is 2.93. The number of carbonyl (C=O) groups excluding carboxylic acids is 1. The number of fused-ring (bicyclic) bond motifs is 1. The molecule has 3 N–H and O–H groups in total. The van der Waals surface area contributed by atoms with Crippen LogP contribution in [-0.4, -0.2) is 36.6 Å². The number of carbonyl (C=O) groups is 1. The lowest BCUT2D eigenvalue weighted by atomic mass is 9.78. The Morgan fingerprint density at radius 2 is 1.91 bits per heavy atom. The van der Waals surface area contributed by atoms with Crippen molar-refractivity contribution in [2.75, 3.05) is 6.54 Å². The molecule has 0 radical (unpaired) electrons. The fourth-order valence-corrected chi connectivity index (χ4v) is 5.03. The first kappa shape index (κ1) is 16.3. The van der Waals surface area contributed by atoms with Crippen molar-refractivity contribution < 1.29 is 4.79 Å². The van der Waals surface area contributed by atoms with Crippen molar-refractivity contribution in [1.29, 1.82) is 0 Å². The summed E-state index contributed by atoms with van der Waals surface area (Å²) in [6.07, 6.45) is 7.48. The van der Waals surface area contributed by atoms with Gasteiger partial charge in [0.15, 0.2) is 0 Å². The van der Waals surface area contributed by atoms with Gasteiger partial charge in [-0.1, -0.05) is 20.3 Å². The lowest BCUT2D eigenvalue weighted by Crippen LogP contribution is -2.56. The second-order valence-electron chi connectivity index (χ2n) is 8.05. The van der Waals surface area contributed by atoms with Crippen LogP contribution in [0.4, 0.5) is 0 Å². The van der Waals surface area contributed by atoms with E-state index in [4.69, 9.17) is 0 Å². The summed E-state index contributed by atoms with van der Waals surface area (Å²) in [5, 5.41) is 10.5. The highest BCUT2D eigenvalue weighted by atomic mass is 16.2. The van der Waals surface area contributed by atoms with E-state index in [-0.39, 0.29) is 18.0 Å². The molecule has 0 aromatic heterocycles. The molecule has 22 heavy (non-hydrogen) atoms. The highest BCUT2D eigenvalue weighted by Crippen LogP contribution is 2.36. The first-order valence-corrected chi connectivity index (χ1v) is 9.36. The van der Waals surface area contributed by atoms with Crippen LogP contribution >= 0.6 is 0 Å². The Bertz CT molecular complexity index is 400. The number of hydrogen-bond acceptors (Lipinski definition) is 3. The van der Waals surface area contributed by atoms with Crippen molar-refractivity contribution in [1.82, 2.24) is 16.0 Å². The molecule has 1 amide bonds. The van der Waals surface area contributed by atoms with Crippen molar-refractivity contribution in [2.45, 2.75) is 83.5 Å². The summed E-state index contributed by atoms with van der Waals surface area (Å²) in [6, 6.07) is 1.22. The fourth-order valence-electron chi connectivity index (χ4n) is 5.03. The summed E-state index contributed by atoms with van der Waals surface area (Å²) in [6.45, 7) is 7.87. The van der Waals surface area contributed by atoms with Crippen LogP contribution in [0, 0.1) is 17.8 Å². The van der Waals surface area contributed by atoms with Crippen molar-refractivity contribution in [3.8, 4) is 0 Å². The summed E-state index contributed by atoms with van der Waals surface area (Å²) in [7, 11) is 0. The maximum absolute atomic E-state index is 12.7. The van der Waals surface area contributed by atoms with Gasteiger partial charge in [0.25, 0.3) is 0 Å². The molecule has 2 heterocycles. The zero-order chi connectivity index (χ0) is 15.7. The molecule has 4 nitrogen and oxygen atoms in total. The number of nitrogens with one attached hydrogen (secondary N) is 3. The van der Waals surface area contributed by atoms with E-state index >= 15 is 0 Å². The Kier molecular flexibility index (Phi) is 5.08. The van der Waals surface area contributed by atoms with E-state index in [1.807, 2.05) is 0 Å². The summed E-state index contributed by atoms with van der Waals surface area (Å²) in [5.74, 6) is 2.28. The van der Waals surface area contributed by atoms with Crippen LogP contribution in [0.3, 0.4) is 0 Å². The molecule has 3 rings (SSSR count). The molecule has 0 aromatic carbocycles. The monoisotopic (exact) mass is 307 g/mol. The molecule has 1 aliphatic carbocycles. The highest BCUT2D eigenvalue weighted by Gasteiger charge is 2.41. The molecule has 2 saturated heterocycles. The normalized spacial score (nSPS) is 43.4. The van der Waals surface area contributed by atoms with Crippen molar-refractivity contribution in [3.05, 3.63) is 0 Å². The second kappa shape index (κ2) is 6.88. The molecular formula is C18H33N3O. The quantitative estimate of drug-likeness (QED) is 0.748. The summed E-state index contributed by atoms with van der Waals surface area (Å²) < 4.78 is 0. The van der Waals surface area contributed by atoms with Crippen molar-refractivity contribution >= 4 is 5.91 Å². The van der Waals surface area contributed by atoms with Gasteiger partial charge in [0, 0.05) is 18.1 Å². The van der Waals surface area contributed by atoms with Crippen LogP contribution in [-0.2, 0) is 4.79 Å². The first-order valence-electron chi connectivity index (χ1n) is 9.36. The minimum Gasteiger partial charge on any atom is -0.351 e. The third-order valence-corrected chi connectivity index (χ3v) is 6.34. The number of amides is 1. The molecule has 0 spiro atoms. The third-order valence-electron chi connectivity index (χ3n) is 6.34. The van der Waals surface area contributed by atoms with E-state index in [0.29, 0.717) is 29.8 Å². The molecule has 3 fully saturated rings. The minimum absolute atomic E-state index is 0.0249. The smallest absolute Gasteiger partial charge is 0.237 e. The third kappa shape index (κ3) is 3.33. The largest absolute Gasteiger partial charge is 0.351 e. The van der Waals surface area contributed by atoms with E-state index in [9.17, 15) is 4.79 Å². The molecule has 1 saturated carbocycles. The Labute approximate surface area is 135 Å². The maximum atomic E-state index is 12.7. The van der Waals surface area contributed by atoms with Crippen molar-refractivity contribution in [3.63, 3.8) is 0 Å². The van der Waals surface area contributed by atoms with E-state index in [1.54, 1.807) is 0 Å². The number of piperidine rings is 1. The Hall–Kier alpha value is -0.610. The lowest BCUT2D eigenvalue weighted by molar-refractivity contribution is -0.123. The van der Waals surface area contributed by atoms with Gasteiger partial charge < -0.3 is 16.0 Å². The topological polar surface area (TPSA) is 53.2 Å². The Morgan fingerprint density at radius 3 is 2.64 bits per heavy atom. The highest BCUT2D eigenvalue weighted by molar-refractivity contribution is 5.82. The Balaban J connectivity index is 1.53. The Morgan fingerprint density at radius 1 is 1.14 bits per heavy atom. The minimum atomic E-state index is 0.0249. The fraction of sp³-hybridized carbons (Fsp3) is 0.944. The van der Waals surface area contributed by atoms with Gasteiger partial charge in [-0.3, -0.25) is 4.79 Å². The zero-order valence-corrected chi connectivity index (χ0v) is 14.4. The van der Waals surface area contributed by atoms with Gasteiger partial charge in [-0.25, -0.2) is 0 Å². The van der Waals surface area contributed by atoms with Gasteiger partial charge in [0.05, 0.1) is 6.04 Å². The average molecular weight is 307 g/mol. The van der Waals surface area contributed by atoms with E-state index < -0.39 is 0 Å². The first-order chi connectivity index (χ1) is 10.6.